The van der Waals surface area contributed by atoms with Crippen molar-refractivity contribution < 1.29 is 23.4 Å². The van der Waals surface area contributed by atoms with Gasteiger partial charge in [0.1, 0.15) is 5.75 Å². The Hall–Kier alpha value is -1.23. The second-order valence-electron chi connectivity index (χ2n) is 3.45. The molecule has 0 fully saturated rings. The summed E-state index contributed by atoms with van der Waals surface area (Å²) < 4.78 is 36.6. The van der Waals surface area contributed by atoms with Gasteiger partial charge in [-0.25, -0.2) is 0 Å². The van der Waals surface area contributed by atoms with E-state index < -0.39 is 12.3 Å². The molecule has 0 radical (unpaired) electrons. The molecular weight excluding hydrogens is 209 g/mol. The third-order valence-corrected chi connectivity index (χ3v) is 2.14. The summed E-state index contributed by atoms with van der Waals surface area (Å²) in [7, 11) is 0. The summed E-state index contributed by atoms with van der Waals surface area (Å²) in [6, 6.07) is 2.25. The van der Waals surface area contributed by atoms with E-state index in [4.69, 9.17) is 5.11 Å². The van der Waals surface area contributed by atoms with Crippen LogP contribution in [-0.4, -0.2) is 16.4 Å². The van der Waals surface area contributed by atoms with Crippen LogP contribution in [0.15, 0.2) is 12.1 Å². The number of halogens is 3. The third-order valence-electron chi connectivity index (χ3n) is 2.14. The molecule has 0 aliphatic rings. The Balaban J connectivity index is 3.17. The van der Waals surface area contributed by atoms with Crippen molar-refractivity contribution in [3.05, 3.63) is 28.8 Å². The van der Waals surface area contributed by atoms with Crippen LogP contribution in [0.4, 0.5) is 13.2 Å². The molecule has 0 aliphatic carbocycles. The van der Waals surface area contributed by atoms with Crippen LogP contribution in [0.2, 0.25) is 0 Å². The van der Waals surface area contributed by atoms with Gasteiger partial charge in [-0.2, -0.15) is 13.2 Å². The summed E-state index contributed by atoms with van der Waals surface area (Å²) in [5.74, 6) is -0.0480. The number of aliphatic hydroxyl groups is 1. The summed E-state index contributed by atoms with van der Waals surface area (Å²) in [5, 5.41) is 18.3. The van der Waals surface area contributed by atoms with Crippen LogP contribution >= 0.6 is 0 Å². The van der Waals surface area contributed by atoms with E-state index in [1.165, 1.54) is 13.8 Å². The fraction of sp³-hybridized carbons (Fsp3) is 0.400. The number of phenolic OH excluding ortho intramolecular Hbond substituents is 1. The lowest BCUT2D eigenvalue weighted by Crippen LogP contribution is -2.20. The Morgan fingerprint density at radius 1 is 1.13 bits per heavy atom. The number of aliphatic hydroxyl groups excluding tert-OH is 1. The Kier molecular flexibility index (Phi) is 2.95. The molecule has 0 heterocycles. The lowest BCUT2D eigenvalue weighted by Gasteiger charge is -2.16. The summed E-state index contributed by atoms with van der Waals surface area (Å²) in [5.41, 5.74) is 0.372. The van der Waals surface area contributed by atoms with E-state index in [0.29, 0.717) is 11.1 Å². The third kappa shape index (κ3) is 2.41. The molecule has 1 unspecified atom stereocenters. The van der Waals surface area contributed by atoms with Crippen LogP contribution in [0.25, 0.3) is 0 Å². The average Bonchev–Trinajstić information content (AvgIpc) is 2.10. The monoisotopic (exact) mass is 220 g/mol. The van der Waals surface area contributed by atoms with E-state index in [-0.39, 0.29) is 11.3 Å². The van der Waals surface area contributed by atoms with Crippen molar-refractivity contribution in [3.63, 3.8) is 0 Å². The molecule has 0 saturated carbocycles. The highest BCUT2D eigenvalue weighted by Crippen LogP contribution is 2.35. The average molecular weight is 220 g/mol. The first-order valence-corrected chi connectivity index (χ1v) is 4.28. The molecule has 1 aromatic rings. The number of phenols is 1. The van der Waals surface area contributed by atoms with Crippen molar-refractivity contribution >= 4 is 0 Å². The minimum absolute atomic E-state index is 0.0480. The zero-order valence-corrected chi connectivity index (χ0v) is 8.26. The maximum absolute atomic E-state index is 12.2. The Morgan fingerprint density at radius 3 is 1.87 bits per heavy atom. The highest BCUT2D eigenvalue weighted by molar-refractivity contribution is 5.43. The molecule has 1 aromatic carbocycles. The fourth-order valence-electron chi connectivity index (χ4n) is 1.34. The van der Waals surface area contributed by atoms with Crippen molar-refractivity contribution in [1.82, 2.24) is 0 Å². The van der Waals surface area contributed by atoms with Gasteiger partial charge in [-0.1, -0.05) is 0 Å². The predicted molar refractivity (Wildman–Crippen MR) is 48.6 cm³/mol. The summed E-state index contributed by atoms with van der Waals surface area (Å²) in [6.45, 7) is 2.96. The molecule has 2 nitrogen and oxygen atoms in total. The van der Waals surface area contributed by atoms with Gasteiger partial charge in [0.2, 0.25) is 0 Å². The van der Waals surface area contributed by atoms with E-state index in [0.717, 1.165) is 12.1 Å². The topological polar surface area (TPSA) is 40.5 Å². The molecule has 1 atom stereocenters. The number of alkyl halides is 3. The number of hydrogen-bond acceptors (Lipinski definition) is 2. The molecule has 0 saturated heterocycles. The smallest absolute Gasteiger partial charge is 0.418 e. The number of hydrogen-bond donors (Lipinski definition) is 2. The number of benzene rings is 1. The van der Waals surface area contributed by atoms with Gasteiger partial charge in [0.25, 0.3) is 0 Å². The van der Waals surface area contributed by atoms with Gasteiger partial charge in [-0.3, -0.25) is 0 Å². The van der Waals surface area contributed by atoms with Gasteiger partial charge in [0, 0.05) is 0 Å². The SMILES string of the molecule is Cc1cc(C(O)C(F)(F)F)cc(C)c1O. The molecule has 2 N–H and O–H groups in total. The lowest BCUT2D eigenvalue weighted by atomic mass is 10.0. The zero-order valence-electron chi connectivity index (χ0n) is 8.26. The highest BCUT2D eigenvalue weighted by Gasteiger charge is 2.39. The van der Waals surface area contributed by atoms with E-state index in [2.05, 4.69) is 0 Å². The van der Waals surface area contributed by atoms with Gasteiger partial charge in [0.15, 0.2) is 6.10 Å². The molecule has 0 spiro atoms. The van der Waals surface area contributed by atoms with Crippen molar-refractivity contribution in [2.75, 3.05) is 0 Å². The van der Waals surface area contributed by atoms with E-state index in [1.807, 2.05) is 0 Å². The fourth-order valence-corrected chi connectivity index (χ4v) is 1.34. The number of rotatable bonds is 1. The Morgan fingerprint density at radius 2 is 1.53 bits per heavy atom. The van der Waals surface area contributed by atoms with Crippen LogP contribution in [0.3, 0.4) is 0 Å². The van der Waals surface area contributed by atoms with E-state index in [1.54, 1.807) is 0 Å². The molecule has 0 bridgehead atoms. The van der Waals surface area contributed by atoms with Gasteiger partial charge < -0.3 is 10.2 Å². The zero-order chi connectivity index (χ0) is 11.8. The van der Waals surface area contributed by atoms with Gasteiger partial charge in [-0.05, 0) is 42.7 Å². The molecule has 5 heteroatoms. The largest absolute Gasteiger partial charge is 0.507 e. The van der Waals surface area contributed by atoms with Crippen LogP contribution in [0.1, 0.15) is 22.8 Å². The predicted octanol–water partition coefficient (Wildman–Crippen LogP) is 2.60. The maximum atomic E-state index is 12.2. The van der Waals surface area contributed by atoms with E-state index >= 15 is 0 Å². The summed E-state index contributed by atoms with van der Waals surface area (Å²) in [6.07, 6.45) is -7.19. The first-order valence-electron chi connectivity index (χ1n) is 4.28. The highest BCUT2D eigenvalue weighted by atomic mass is 19.4. The number of aryl methyl sites for hydroxylation is 2. The standard InChI is InChI=1S/C10H11F3O2/c1-5-3-7(4-6(2)8(5)14)9(15)10(11,12)13/h3-4,9,14-15H,1-2H3. The molecule has 1 rings (SSSR count). The van der Waals surface area contributed by atoms with Gasteiger partial charge in [0.05, 0.1) is 0 Å². The molecule has 0 amide bonds. The minimum Gasteiger partial charge on any atom is -0.507 e. The van der Waals surface area contributed by atoms with Crippen molar-refractivity contribution in [3.8, 4) is 5.75 Å². The Labute approximate surface area is 85.0 Å². The van der Waals surface area contributed by atoms with Crippen LogP contribution < -0.4 is 0 Å². The van der Waals surface area contributed by atoms with Crippen molar-refractivity contribution in [2.45, 2.75) is 26.1 Å². The molecule has 0 aromatic heterocycles. The van der Waals surface area contributed by atoms with Gasteiger partial charge in [-0.15, -0.1) is 0 Å². The van der Waals surface area contributed by atoms with Crippen LogP contribution in [0.5, 0.6) is 5.75 Å². The van der Waals surface area contributed by atoms with Crippen LogP contribution in [-0.2, 0) is 0 Å². The van der Waals surface area contributed by atoms with E-state index in [9.17, 15) is 18.3 Å². The van der Waals surface area contributed by atoms with Crippen molar-refractivity contribution in [2.24, 2.45) is 0 Å². The normalized spacial score (nSPS) is 14.0. The summed E-state index contributed by atoms with van der Waals surface area (Å²) >= 11 is 0. The van der Waals surface area contributed by atoms with Crippen LogP contribution in [0, 0.1) is 13.8 Å². The maximum Gasteiger partial charge on any atom is 0.418 e. The second kappa shape index (κ2) is 3.73. The quantitative estimate of drug-likeness (QED) is 0.763. The second-order valence-corrected chi connectivity index (χ2v) is 3.45. The minimum atomic E-state index is -4.68. The number of aromatic hydroxyl groups is 1. The first-order chi connectivity index (χ1) is 6.73. The van der Waals surface area contributed by atoms with Crippen molar-refractivity contribution in [1.29, 1.82) is 0 Å². The first kappa shape index (κ1) is 11.8. The molecular formula is C10H11F3O2. The molecule has 15 heavy (non-hydrogen) atoms. The Bertz CT molecular complexity index is 348. The summed E-state index contributed by atoms with van der Waals surface area (Å²) in [4.78, 5) is 0. The molecule has 84 valence electrons. The lowest BCUT2D eigenvalue weighted by molar-refractivity contribution is -0.206. The van der Waals surface area contributed by atoms with Gasteiger partial charge >= 0.3 is 6.18 Å². The molecule has 0 aliphatic heterocycles.